The van der Waals surface area contributed by atoms with E-state index in [-0.39, 0.29) is 23.3 Å². The highest BCUT2D eigenvalue weighted by Gasteiger charge is 2.28. The Bertz CT molecular complexity index is 880. The van der Waals surface area contributed by atoms with E-state index in [0.717, 1.165) is 23.0 Å². The first-order valence-corrected chi connectivity index (χ1v) is 11.3. The molecule has 1 unspecified atom stereocenters. The third-order valence-corrected chi connectivity index (χ3v) is 7.50. The van der Waals surface area contributed by atoms with Gasteiger partial charge in [-0.3, -0.25) is 4.79 Å². The van der Waals surface area contributed by atoms with E-state index in [4.69, 9.17) is 10.00 Å². The molecule has 1 amide bonds. The number of ether oxygens (including phenoxy) is 1. The Morgan fingerprint density at radius 2 is 2.07 bits per heavy atom. The summed E-state index contributed by atoms with van der Waals surface area (Å²) >= 11 is 3.46. The van der Waals surface area contributed by atoms with Crippen LogP contribution in [0.25, 0.3) is 0 Å². The van der Waals surface area contributed by atoms with Crippen molar-refractivity contribution < 1.29 is 17.9 Å². The van der Waals surface area contributed by atoms with Gasteiger partial charge in [-0.2, -0.15) is 9.57 Å². The topological polar surface area (TPSA) is 93.9 Å². The van der Waals surface area contributed by atoms with Crippen LogP contribution in [-0.4, -0.2) is 76.5 Å². The molecule has 0 saturated carbocycles. The molecule has 0 bridgehead atoms. The molecule has 2 heterocycles. The maximum atomic E-state index is 12.9. The second-order valence-electron chi connectivity index (χ2n) is 6.93. The Balaban J connectivity index is 1.71. The lowest BCUT2D eigenvalue weighted by Gasteiger charge is -2.28. The van der Waals surface area contributed by atoms with Crippen molar-refractivity contribution in [1.82, 2.24) is 9.21 Å². The monoisotopic (exact) mass is 470 g/mol. The number of likely N-dealkylation sites (N-methyl/N-ethyl adjacent to an activating group) is 1. The van der Waals surface area contributed by atoms with Crippen LogP contribution in [0.3, 0.4) is 0 Å². The van der Waals surface area contributed by atoms with Gasteiger partial charge in [0.2, 0.25) is 15.9 Å². The number of morpholine rings is 1. The first-order chi connectivity index (χ1) is 13.3. The first kappa shape index (κ1) is 21.0. The number of nitrogens with zero attached hydrogens (tertiary/aromatic N) is 4. The lowest BCUT2D eigenvalue weighted by atomic mass is 10.1. The van der Waals surface area contributed by atoms with Gasteiger partial charge in [-0.15, -0.1) is 0 Å². The molecule has 0 radical (unpaired) electrons. The van der Waals surface area contributed by atoms with Crippen LogP contribution < -0.4 is 4.90 Å². The molecule has 1 atom stereocenters. The largest absolute Gasteiger partial charge is 0.378 e. The van der Waals surface area contributed by atoms with Gasteiger partial charge >= 0.3 is 0 Å². The summed E-state index contributed by atoms with van der Waals surface area (Å²) < 4.78 is 32.7. The predicted octanol–water partition coefficient (Wildman–Crippen LogP) is 1.28. The number of anilines is 1. The van der Waals surface area contributed by atoms with E-state index in [9.17, 15) is 13.2 Å². The number of amides is 1. The number of carbonyl (C=O) groups is 1. The highest BCUT2D eigenvalue weighted by atomic mass is 79.9. The fourth-order valence-electron chi connectivity index (χ4n) is 3.36. The third-order valence-electron chi connectivity index (χ3n) is 5.06. The molecule has 2 aliphatic heterocycles. The second-order valence-corrected chi connectivity index (χ2v) is 9.83. The molecular weight excluding hydrogens is 448 g/mol. The smallest absolute Gasteiger partial charge is 0.243 e. The summed E-state index contributed by atoms with van der Waals surface area (Å²) in [6, 6.07) is 7.12. The van der Waals surface area contributed by atoms with E-state index in [1.807, 2.05) is 0 Å². The van der Waals surface area contributed by atoms with Crippen molar-refractivity contribution in [3.63, 3.8) is 0 Å². The van der Waals surface area contributed by atoms with Crippen LogP contribution in [0, 0.1) is 17.2 Å². The Morgan fingerprint density at radius 1 is 1.36 bits per heavy atom. The van der Waals surface area contributed by atoms with E-state index in [0.29, 0.717) is 37.3 Å². The van der Waals surface area contributed by atoms with E-state index >= 15 is 0 Å². The van der Waals surface area contributed by atoms with Crippen molar-refractivity contribution >= 4 is 37.5 Å². The molecule has 10 heteroatoms. The van der Waals surface area contributed by atoms with Gasteiger partial charge in [0, 0.05) is 37.7 Å². The Morgan fingerprint density at radius 3 is 2.68 bits per heavy atom. The van der Waals surface area contributed by atoms with Crippen LogP contribution in [0.15, 0.2) is 27.6 Å². The minimum absolute atomic E-state index is 0.00681. The zero-order valence-corrected chi connectivity index (χ0v) is 18.1. The minimum Gasteiger partial charge on any atom is -0.378 e. The molecule has 2 fully saturated rings. The van der Waals surface area contributed by atoms with Crippen molar-refractivity contribution in [3.8, 4) is 6.07 Å². The van der Waals surface area contributed by atoms with Crippen LogP contribution in [-0.2, 0) is 19.6 Å². The zero-order valence-electron chi connectivity index (χ0n) is 15.7. The minimum atomic E-state index is -3.80. The highest BCUT2D eigenvalue weighted by Crippen LogP contribution is 2.33. The summed E-state index contributed by atoms with van der Waals surface area (Å²) in [5.74, 6) is -0.239. The van der Waals surface area contributed by atoms with Gasteiger partial charge < -0.3 is 14.5 Å². The molecule has 3 rings (SSSR count). The van der Waals surface area contributed by atoms with Gasteiger partial charge in [0.15, 0.2) is 0 Å². The van der Waals surface area contributed by atoms with Gasteiger partial charge in [-0.25, -0.2) is 8.42 Å². The molecule has 2 aliphatic rings. The molecule has 1 aromatic rings. The number of rotatable bonds is 5. The van der Waals surface area contributed by atoms with Gasteiger partial charge in [-0.05, 0) is 40.5 Å². The van der Waals surface area contributed by atoms with Crippen molar-refractivity contribution in [1.29, 1.82) is 5.26 Å². The lowest BCUT2D eigenvalue weighted by molar-refractivity contribution is -0.135. The Kier molecular flexibility index (Phi) is 6.60. The van der Waals surface area contributed by atoms with Crippen LogP contribution >= 0.6 is 15.9 Å². The summed E-state index contributed by atoms with van der Waals surface area (Å²) in [7, 11) is -2.39. The quantitative estimate of drug-likeness (QED) is 0.643. The normalized spacial score (nSPS) is 20.4. The SMILES string of the molecule is CN(CC(=O)N1CCOCC1)S(=O)(=O)c1ccc(N2CCC(C#N)C2)c(Br)c1. The van der Waals surface area contributed by atoms with Gasteiger partial charge in [0.25, 0.3) is 0 Å². The van der Waals surface area contributed by atoms with E-state index in [1.54, 1.807) is 23.1 Å². The summed E-state index contributed by atoms with van der Waals surface area (Å²) in [5.41, 5.74) is 0.865. The fraction of sp³-hybridized carbons (Fsp3) is 0.556. The Hall–Kier alpha value is -1.67. The van der Waals surface area contributed by atoms with Crippen LogP contribution in [0.1, 0.15) is 6.42 Å². The van der Waals surface area contributed by atoms with Crippen LogP contribution in [0.2, 0.25) is 0 Å². The second kappa shape index (κ2) is 8.78. The number of hydrogen-bond donors (Lipinski definition) is 0. The Labute approximate surface area is 173 Å². The molecule has 1 aromatic carbocycles. The standard InChI is InChI=1S/C18H23BrN4O4S/c1-21(13-18(24)22-6-8-27-9-7-22)28(25,26)15-2-3-17(16(19)10-15)23-5-4-14(11-20)12-23/h2-3,10,14H,4-9,12-13H2,1H3. The van der Waals surface area contributed by atoms with Crippen LogP contribution in [0.5, 0.6) is 0 Å². The molecule has 0 N–H and O–H groups in total. The number of sulfonamides is 1. The zero-order chi connectivity index (χ0) is 20.3. The third kappa shape index (κ3) is 4.49. The molecular formula is C18H23BrN4O4S. The molecule has 0 aliphatic carbocycles. The summed E-state index contributed by atoms with van der Waals surface area (Å²) in [6.45, 7) is 3.09. The highest BCUT2D eigenvalue weighted by molar-refractivity contribution is 9.10. The number of nitriles is 1. The predicted molar refractivity (Wildman–Crippen MR) is 107 cm³/mol. The number of benzene rings is 1. The van der Waals surface area contributed by atoms with E-state index in [2.05, 4.69) is 26.9 Å². The van der Waals surface area contributed by atoms with E-state index < -0.39 is 10.0 Å². The number of carbonyl (C=O) groups excluding carboxylic acids is 1. The van der Waals surface area contributed by atoms with Crippen molar-refractivity contribution in [2.45, 2.75) is 11.3 Å². The maximum absolute atomic E-state index is 12.9. The van der Waals surface area contributed by atoms with Crippen molar-refractivity contribution in [3.05, 3.63) is 22.7 Å². The first-order valence-electron chi connectivity index (χ1n) is 9.09. The fourth-order valence-corrected chi connectivity index (χ4v) is 5.29. The number of halogens is 1. The average molecular weight is 471 g/mol. The number of hydrogen-bond acceptors (Lipinski definition) is 6. The van der Waals surface area contributed by atoms with Crippen LogP contribution in [0.4, 0.5) is 5.69 Å². The molecule has 2 saturated heterocycles. The summed E-state index contributed by atoms with van der Waals surface area (Å²) in [6.07, 6.45) is 0.801. The lowest BCUT2D eigenvalue weighted by Crippen LogP contribution is -2.46. The molecule has 8 nitrogen and oxygen atoms in total. The van der Waals surface area contributed by atoms with Crippen molar-refractivity contribution in [2.24, 2.45) is 5.92 Å². The average Bonchev–Trinajstić information content (AvgIpc) is 3.17. The molecule has 0 aromatic heterocycles. The summed E-state index contributed by atoms with van der Waals surface area (Å²) in [4.78, 5) is 16.2. The summed E-state index contributed by atoms with van der Waals surface area (Å²) in [5, 5.41) is 9.07. The maximum Gasteiger partial charge on any atom is 0.243 e. The molecule has 28 heavy (non-hydrogen) atoms. The van der Waals surface area contributed by atoms with E-state index in [1.165, 1.54) is 7.05 Å². The molecule has 0 spiro atoms. The van der Waals surface area contributed by atoms with Gasteiger partial charge in [0.05, 0.1) is 42.3 Å². The molecule has 152 valence electrons. The van der Waals surface area contributed by atoms with Crippen molar-refractivity contribution in [2.75, 3.05) is 57.9 Å². The van der Waals surface area contributed by atoms with Gasteiger partial charge in [0.1, 0.15) is 0 Å². The van der Waals surface area contributed by atoms with Gasteiger partial charge in [-0.1, -0.05) is 0 Å².